The number of aromatic nitrogens is 1. The van der Waals surface area contributed by atoms with Crippen molar-refractivity contribution in [2.75, 3.05) is 13.1 Å². The molecular weight excluding hydrogens is 306 g/mol. The first-order valence-electron chi connectivity index (χ1n) is 7.93. The molecule has 1 aliphatic rings. The van der Waals surface area contributed by atoms with Gasteiger partial charge in [-0.25, -0.2) is 4.79 Å². The van der Waals surface area contributed by atoms with E-state index >= 15 is 0 Å². The molecule has 3 rings (SSSR count). The summed E-state index contributed by atoms with van der Waals surface area (Å²) in [5, 5.41) is 11.2. The standard InChI is InChI=1S/C18H19N3O3/c22-17(21-10-8-15(9-11-21)20-18(23)24)14-6-7-16(19-12-14)13-4-2-1-3-5-13/h1-7,12,15,20H,8-11H2,(H,23,24). The number of nitrogens with one attached hydrogen (secondary N) is 1. The molecule has 24 heavy (non-hydrogen) atoms. The smallest absolute Gasteiger partial charge is 0.404 e. The normalized spacial score (nSPS) is 15.1. The van der Waals surface area contributed by atoms with Crippen LogP contribution in [0.25, 0.3) is 11.3 Å². The van der Waals surface area contributed by atoms with Gasteiger partial charge in [-0.1, -0.05) is 30.3 Å². The first-order chi connectivity index (χ1) is 11.6. The van der Waals surface area contributed by atoms with Gasteiger partial charge < -0.3 is 15.3 Å². The van der Waals surface area contributed by atoms with Gasteiger partial charge in [-0.05, 0) is 25.0 Å². The Hall–Kier alpha value is -2.89. The highest BCUT2D eigenvalue weighted by Gasteiger charge is 2.24. The third-order valence-corrected chi connectivity index (χ3v) is 4.19. The Bertz CT molecular complexity index is 708. The lowest BCUT2D eigenvalue weighted by Gasteiger charge is -2.31. The van der Waals surface area contributed by atoms with Crippen LogP contribution in [0, 0.1) is 0 Å². The van der Waals surface area contributed by atoms with Gasteiger partial charge in [0.1, 0.15) is 0 Å². The van der Waals surface area contributed by atoms with Crippen molar-refractivity contribution in [3.05, 3.63) is 54.2 Å². The number of hydrogen-bond donors (Lipinski definition) is 2. The van der Waals surface area contributed by atoms with Gasteiger partial charge in [0.25, 0.3) is 5.91 Å². The number of carboxylic acid groups (broad SMARTS) is 1. The third-order valence-electron chi connectivity index (χ3n) is 4.19. The second-order valence-corrected chi connectivity index (χ2v) is 5.81. The molecule has 0 unspecified atom stereocenters. The van der Waals surface area contributed by atoms with Gasteiger partial charge in [0.15, 0.2) is 0 Å². The number of amides is 2. The molecule has 1 aliphatic heterocycles. The first-order valence-corrected chi connectivity index (χ1v) is 7.93. The van der Waals surface area contributed by atoms with E-state index in [1.807, 2.05) is 36.4 Å². The van der Waals surface area contributed by atoms with Crippen LogP contribution in [-0.2, 0) is 0 Å². The second kappa shape index (κ2) is 7.12. The van der Waals surface area contributed by atoms with Crippen LogP contribution in [0.1, 0.15) is 23.2 Å². The molecule has 0 aliphatic carbocycles. The van der Waals surface area contributed by atoms with E-state index in [2.05, 4.69) is 10.3 Å². The van der Waals surface area contributed by atoms with Crippen LogP contribution in [0.2, 0.25) is 0 Å². The minimum Gasteiger partial charge on any atom is -0.465 e. The maximum absolute atomic E-state index is 12.5. The van der Waals surface area contributed by atoms with E-state index in [1.54, 1.807) is 17.2 Å². The predicted octanol–water partition coefficient (Wildman–Crippen LogP) is 2.62. The van der Waals surface area contributed by atoms with Crippen LogP contribution in [0.15, 0.2) is 48.7 Å². The zero-order valence-electron chi connectivity index (χ0n) is 13.2. The van der Waals surface area contributed by atoms with Gasteiger partial charge in [0.2, 0.25) is 0 Å². The van der Waals surface area contributed by atoms with Gasteiger partial charge >= 0.3 is 6.09 Å². The summed E-state index contributed by atoms with van der Waals surface area (Å²) < 4.78 is 0. The molecule has 6 heteroatoms. The average Bonchev–Trinajstić information content (AvgIpc) is 2.62. The number of carbonyl (C=O) groups is 2. The quantitative estimate of drug-likeness (QED) is 0.909. The van der Waals surface area contributed by atoms with Crippen molar-refractivity contribution in [1.29, 1.82) is 0 Å². The van der Waals surface area contributed by atoms with Crippen LogP contribution in [0.4, 0.5) is 4.79 Å². The Morgan fingerprint density at radius 1 is 1.08 bits per heavy atom. The third kappa shape index (κ3) is 3.71. The number of hydrogen-bond acceptors (Lipinski definition) is 3. The van der Waals surface area contributed by atoms with Crippen molar-refractivity contribution in [2.24, 2.45) is 0 Å². The minimum absolute atomic E-state index is 0.0594. The van der Waals surface area contributed by atoms with Crippen LogP contribution in [-0.4, -0.2) is 46.1 Å². The first kappa shape index (κ1) is 16.0. The van der Waals surface area contributed by atoms with E-state index < -0.39 is 6.09 Å². The fourth-order valence-corrected chi connectivity index (χ4v) is 2.88. The van der Waals surface area contributed by atoms with Crippen molar-refractivity contribution < 1.29 is 14.7 Å². The van der Waals surface area contributed by atoms with E-state index in [4.69, 9.17) is 5.11 Å². The monoisotopic (exact) mass is 325 g/mol. The van der Waals surface area contributed by atoms with Crippen LogP contribution >= 0.6 is 0 Å². The number of likely N-dealkylation sites (tertiary alicyclic amines) is 1. The van der Waals surface area contributed by atoms with E-state index in [-0.39, 0.29) is 11.9 Å². The largest absolute Gasteiger partial charge is 0.465 e. The fraction of sp³-hybridized carbons (Fsp3) is 0.278. The summed E-state index contributed by atoms with van der Waals surface area (Å²) in [5.41, 5.74) is 2.40. The molecule has 1 aromatic heterocycles. The molecule has 1 aromatic carbocycles. The summed E-state index contributed by atoms with van der Waals surface area (Å²) in [4.78, 5) is 29.3. The van der Waals surface area contributed by atoms with Crippen LogP contribution in [0.5, 0.6) is 0 Å². The molecule has 2 N–H and O–H groups in total. The summed E-state index contributed by atoms with van der Waals surface area (Å²) in [6.07, 6.45) is 1.85. The van der Waals surface area contributed by atoms with Crippen molar-refractivity contribution >= 4 is 12.0 Å². The van der Waals surface area contributed by atoms with E-state index in [1.165, 1.54) is 0 Å². The summed E-state index contributed by atoms with van der Waals surface area (Å²) in [6.45, 7) is 1.09. The molecule has 0 radical (unpaired) electrons. The second-order valence-electron chi connectivity index (χ2n) is 5.81. The maximum atomic E-state index is 12.5. The molecule has 0 atom stereocenters. The molecule has 0 spiro atoms. The SMILES string of the molecule is O=C(O)NC1CCN(C(=O)c2ccc(-c3ccccc3)nc2)CC1. The Morgan fingerprint density at radius 2 is 1.79 bits per heavy atom. The summed E-state index contributed by atoms with van der Waals surface area (Å²) in [5.74, 6) is -0.0594. The number of pyridine rings is 1. The molecule has 1 saturated heterocycles. The number of nitrogens with zero attached hydrogens (tertiary/aromatic N) is 2. The highest BCUT2D eigenvalue weighted by atomic mass is 16.4. The Labute approximate surface area is 140 Å². The van der Waals surface area contributed by atoms with Crippen molar-refractivity contribution in [2.45, 2.75) is 18.9 Å². The van der Waals surface area contributed by atoms with Crippen LogP contribution < -0.4 is 5.32 Å². The molecule has 2 aromatic rings. The Kier molecular flexibility index (Phi) is 4.74. The summed E-state index contributed by atoms with van der Waals surface area (Å²) in [7, 11) is 0. The Balaban J connectivity index is 1.63. The topological polar surface area (TPSA) is 82.5 Å². The Morgan fingerprint density at radius 3 is 2.38 bits per heavy atom. The van der Waals surface area contributed by atoms with E-state index in [0.717, 1.165) is 11.3 Å². The molecule has 2 heterocycles. The van der Waals surface area contributed by atoms with Gasteiger partial charge in [0.05, 0.1) is 11.3 Å². The average molecular weight is 325 g/mol. The highest BCUT2D eigenvalue weighted by molar-refractivity contribution is 5.94. The lowest BCUT2D eigenvalue weighted by molar-refractivity contribution is 0.0705. The lowest BCUT2D eigenvalue weighted by atomic mass is 10.0. The zero-order chi connectivity index (χ0) is 16.9. The summed E-state index contributed by atoms with van der Waals surface area (Å²) in [6, 6.07) is 13.4. The van der Waals surface area contributed by atoms with Gasteiger partial charge in [0, 0.05) is 30.9 Å². The fourth-order valence-electron chi connectivity index (χ4n) is 2.88. The van der Waals surface area contributed by atoms with Gasteiger partial charge in [-0.3, -0.25) is 9.78 Å². The van der Waals surface area contributed by atoms with Gasteiger partial charge in [-0.15, -0.1) is 0 Å². The van der Waals surface area contributed by atoms with Crippen molar-refractivity contribution in [3.8, 4) is 11.3 Å². The number of rotatable bonds is 3. The van der Waals surface area contributed by atoms with Crippen molar-refractivity contribution in [3.63, 3.8) is 0 Å². The molecule has 6 nitrogen and oxygen atoms in total. The summed E-state index contributed by atoms with van der Waals surface area (Å²) >= 11 is 0. The highest BCUT2D eigenvalue weighted by Crippen LogP contribution is 2.18. The number of benzene rings is 1. The minimum atomic E-state index is -1.01. The maximum Gasteiger partial charge on any atom is 0.404 e. The number of piperidine rings is 1. The van der Waals surface area contributed by atoms with E-state index in [0.29, 0.717) is 31.5 Å². The molecule has 0 saturated carbocycles. The molecule has 124 valence electrons. The van der Waals surface area contributed by atoms with Gasteiger partial charge in [-0.2, -0.15) is 0 Å². The van der Waals surface area contributed by atoms with E-state index in [9.17, 15) is 9.59 Å². The molecule has 0 bridgehead atoms. The molecular formula is C18H19N3O3. The van der Waals surface area contributed by atoms with Crippen LogP contribution in [0.3, 0.4) is 0 Å². The number of carbonyl (C=O) groups excluding carboxylic acids is 1. The molecule has 2 amide bonds. The predicted molar refractivity (Wildman–Crippen MR) is 89.8 cm³/mol. The lowest BCUT2D eigenvalue weighted by Crippen LogP contribution is -2.46. The molecule has 1 fully saturated rings. The zero-order valence-corrected chi connectivity index (χ0v) is 13.2. The van der Waals surface area contributed by atoms with Crippen molar-refractivity contribution in [1.82, 2.24) is 15.2 Å².